The Kier molecular flexibility index (Phi) is 4.95. The zero-order valence-corrected chi connectivity index (χ0v) is 12.7. The molecule has 1 aliphatic heterocycles. The van der Waals surface area contributed by atoms with Crippen LogP contribution in [-0.2, 0) is 14.8 Å². The number of hydrogen-bond acceptors (Lipinski definition) is 4. The number of likely N-dealkylation sites (tertiary alicyclic amines) is 1. The zero-order valence-electron chi connectivity index (χ0n) is 11.9. The third-order valence-electron chi connectivity index (χ3n) is 3.68. The van der Waals surface area contributed by atoms with Crippen LogP contribution in [0.4, 0.5) is 4.39 Å². The summed E-state index contributed by atoms with van der Waals surface area (Å²) in [4.78, 5) is 13.7. The molecule has 5 nitrogen and oxygen atoms in total. The van der Waals surface area contributed by atoms with Gasteiger partial charge in [-0.3, -0.25) is 9.69 Å². The van der Waals surface area contributed by atoms with Gasteiger partial charge >= 0.3 is 0 Å². The minimum atomic E-state index is -4.17. The molecule has 0 aromatic heterocycles. The minimum Gasteiger partial charge on any atom is -0.292 e. The first kappa shape index (κ1) is 15.9. The molecule has 0 unspecified atom stereocenters. The Labute approximate surface area is 124 Å². The van der Waals surface area contributed by atoms with Crippen molar-refractivity contribution < 1.29 is 17.6 Å². The lowest BCUT2D eigenvalue weighted by molar-refractivity contribution is -0.125. The minimum absolute atomic E-state index is 0.467. The van der Waals surface area contributed by atoms with Gasteiger partial charge in [-0.2, -0.15) is 0 Å². The van der Waals surface area contributed by atoms with Crippen molar-refractivity contribution in [3.8, 4) is 0 Å². The van der Waals surface area contributed by atoms with E-state index in [0.717, 1.165) is 31.5 Å². The molecule has 0 aliphatic carbocycles. The Morgan fingerprint density at radius 3 is 2.76 bits per heavy atom. The largest absolute Gasteiger partial charge is 0.292 e. The van der Waals surface area contributed by atoms with Crippen LogP contribution in [0.5, 0.6) is 0 Å². The van der Waals surface area contributed by atoms with E-state index >= 15 is 0 Å². The van der Waals surface area contributed by atoms with Crippen molar-refractivity contribution in [1.29, 1.82) is 0 Å². The van der Waals surface area contributed by atoms with E-state index in [-0.39, 0.29) is 0 Å². The lowest BCUT2D eigenvalue weighted by atomic mass is 10.0. The van der Waals surface area contributed by atoms with E-state index in [1.807, 2.05) is 16.5 Å². The first-order valence-corrected chi connectivity index (χ1v) is 8.49. The summed E-state index contributed by atoms with van der Waals surface area (Å²) in [5.74, 6) is -1.45. The fourth-order valence-corrected chi connectivity index (χ4v) is 3.68. The van der Waals surface area contributed by atoms with Gasteiger partial charge in [0.15, 0.2) is 0 Å². The summed E-state index contributed by atoms with van der Waals surface area (Å²) in [6.07, 6.45) is 2.50. The molecule has 7 heteroatoms. The second-order valence-corrected chi connectivity index (χ2v) is 6.69. The highest BCUT2D eigenvalue weighted by molar-refractivity contribution is 7.90. The van der Waals surface area contributed by atoms with Gasteiger partial charge in [-0.25, -0.2) is 17.5 Å². The maximum absolute atomic E-state index is 13.6. The van der Waals surface area contributed by atoms with Crippen molar-refractivity contribution in [1.82, 2.24) is 9.62 Å². The number of sulfonamides is 1. The summed E-state index contributed by atoms with van der Waals surface area (Å²) in [7, 11) is -4.17. The van der Waals surface area contributed by atoms with Crippen LogP contribution in [0.1, 0.15) is 26.2 Å². The van der Waals surface area contributed by atoms with Crippen molar-refractivity contribution in [2.75, 3.05) is 13.1 Å². The second-order valence-electron chi connectivity index (χ2n) is 5.04. The number of halogens is 1. The van der Waals surface area contributed by atoms with Crippen LogP contribution in [0, 0.1) is 5.82 Å². The molecule has 1 heterocycles. The van der Waals surface area contributed by atoms with Crippen molar-refractivity contribution in [3.63, 3.8) is 0 Å². The maximum atomic E-state index is 13.6. The SMILES string of the molecule is CCN1CCCC[C@H]1C(=O)NS(=O)(=O)c1ccccc1F. The lowest BCUT2D eigenvalue weighted by Gasteiger charge is -2.33. The highest BCUT2D eigenvalue weighted by atomic mass is 32.2. The molecule has 1 aromatic rings. The van der Waals surface area contributed by atoms with Gasteiger partial charge in [-0.1, -0.05) is 25.5 Å². The van der Waals surface area contributed by atoms with E-state index in [1.54, 1.807) is 0 Å². The van der Waals surface area contributed by atoms with E-state index in [0.29, 0.717) is 13.0 Å². The zero-order chi connectivity index (χ0) is 15.5. The summed E-state index contributed by atoms with van der Waals surface area (Å²) in [5, 5.41) is 0. The third kappa shape index (κ3) is 3.59. The number of piperidine rings is 1. The number of nitrogens with zero attached hydrogens (tertiary/aromatic N) is 1. The van der Waals surface area contributed by atoms with Gasteiger partial charge in [0.05, 0.1) is 6.04 Å². The molecule has 116 valence electrons. The molecule has 2 rings (SSSR count). The van der Waals surface area contributed by atoms with Crippen LogP contribution in [0.15, 0.2) is 29.2 Å². The number of likely N-dealkylation sites (N-methyl/N-ethyl adjacent to an activating group) is 1. The van der Waals surface area contributed by atoms with Crippen LogP contribution in [0.2, 0.25) is 0 Å². The lowest BCUT2D eigenvalue weighted by Crippen LogP contribution is -2.50. The predicted molar refractivity (Wildman–Crippen MR) is 76.6 cm³/mol. The van der Waals surface area contributed by atoms with Crippen molar-refractivity contribution >= 4 is 15.9 Å². The van der Waals surface area contributed by atoms with Crippen molar-refractivity contribution in [2.24, 2.45) is 0 Å². The highest BCUT2D eigenvalue weighted by Gasteiger charge is 2.31. The van der Waals surface area contributed by atoms with Gasteiger partial charge in [0.1, 0.15) is 10.7 Å². The normalized spacial score (nSPS) is 20.2. The highest BCUT2D eigenvalue weighted by Crippen LogP contribution is 2.18. The number of hydrogen-bond donors (Lipinski definition) is 1. The molecule has 1 fully saturated rings. The molecule has 1 aliphatic rings. The van der Waals surface area contributed by atoms with E-state index in [1.165, 1.54) is 12.1 Å². The Morgan fingerprint density at radius 2 is 2.10 bits per heavy atom. The van der Waals surface area contributed by atoms with Crippen LogP contribution in [0.25, 0.3) is 0 Å². The molecule has 1 atom stereocenters. The summed E-state index contributed by atoms with van der Waals surface area (Å²) >= 11 is 0. The molecule has 1 amide bonds. The Hall–Kier alpha value is -1.47. The topological polar surface area (TPSA) is 66.5 Å². The van der Waals surface area contributed by atoms with Crippen molar-refractivity contribution in [2.45, 2.75) is 37.1 Å². The van der Waals surface area contributed by atoms with Gasteiger partial charge in [0, 0.05) is 0 Å². The molecule has 0 spiro atoms. The van der Waals surface area contributed by atoms with Crippen LogP contribution in [0.3, 0.4) is 0 Å². The number of rotatable bonds is 4. The number of carbonyl (C=O) groups excluding carboxylic acids is 1. The van der Waals surface area contributed by atoms with Crippen LogP contribution < -0.4 is 4.72 Å². The summed E-state index contributed by atoms with van der Waals surface area (Å²) < 4.78 is 39.8. The van der Waals surface area contributed by atoms with Gasteiger partial charge < -0.3 is 0 Å². The van der Waals surface area contributed by atoms with Gasteiger partial charge in [-0.05, 0) is 38.1 Å². The number of amides is 1. The first-order valence-electron chi connectivity index (χ1n) is 7.01. The van der Waals surface area contributed by atoms with E-state index in [2.05, 4.69) is 0 Å². The fourth-order valence-electron chi connectivity index (χ4n) is 2.58. The maximum Gasteiger partial charge on any atom is 0.267 e. The quantitative estimate of drug-likeness (QED) is 0.915. The van der Waals surface area contributed by atoms with Crippen LogP contribution in [-0.4, -0.2) is 38.4 Å². The molecule has 1 saturated heterocycles. The van der Waals surface area contributed by atoms with Crippen LogP contribution >= 0.6 is 0 Å². The molecule has 1 aromatic carbocycles. The van der Waals surface area contributed by atoms with Gasteiger partial charge in [0.25, 0.3) is 15.9 Å². The molecule has 21 heavy (non-hydrogen) atoms. The second kappa shape index (κ2) is 6.53. The number of benzene rings is 1. The smallest absolute Gasteiger partial charge is 0.267 e. The molecule has 0 radical (unpaired) electrons. The molecule has 0 bridgehead atoms. The standard InChI is InChI=1S/C14H19FN2O3S/c1-2-17-10-6-5-8-12(17)14(18)16-21(19,20)13-9-4-3-7-11(13)15/h3-4,7,9,12H,2,5-6,8,10H2,1H3,(H,16,18)/t12-/m0/s1. The average Bonchev–Trinajstić information content (AvgIpc) is 2.47. The molecule has 0 saturated carbocycles. The van der Waals surface area contributed by atoms with Crippen molar-refractivity contribution in [3.05, 3.63) is 30.1 Å². The predicted octanol–water partition coefficient (Wildman–Crippen LogP) is 1.50. The monoisotopic (exact) mass is 314 g/mol. The Morgan fingerprint density at radius 1 is 1.38 bits per heavy atom. The summed E-state index contributed by atoms with van der Waals surface area (Å²) in [6, 6.07) is 4.55. The first-order chi connectivity index (χ1) is 9.95. The van der Waals surface area contributed by atoms with E-state index < -0.39 is 32.7 Å². The number of nitrogens with one attached hydrogen (secondary N) is 1. The van der Waals surface area contributed by atoms with Gasteiger partial charge in [0.2, 0.25) is 0 Å². The average molecular weight is 314 g/mol. The number of carbonyl (C=O) groups is 1. The Bertz CT molecular complexity index is 618. The van der Waals surface area contributed by atoms with E-state index in [4.69, 9.17) is 0 Å². The summed E-state index contributed by atoms with van der Waals surface area (Å²) in [6.45, 7) is 3.38. The van der Waals surface area contributed by atoms with E-state index in [9.17, 15) is 17.6 Å². The molecular formula is C14H19FN2O3S. The fraction of sp³-hybridized carbons (Fsp3) is 0.500. The molecular weight excluding hydrogens is 295 g/mol. The molecule has 1 N–H and O–H groups in total. The van der Waals surface area contributed by atoms with Gasteiger partial charge in [-0.15, -0.1) is 0 Å². The third-order valence-corrected chi connectivity index (χ3v) is 5.06. The Balaban J connectivity index is 2.16. The summed E-state index contributed by atoms with van der Waals surface area (Å²) in [5.41, 5.74) is 0.